The number of carbonyl (C=O) groups excluding carboxylic acids is 1. The molecule has 156 valence electrons. The monoisotopic (exact) mass is 414 g/mol. The van der Waals surface area contributed by atoms with Gasteiger partial charge in [-0.2, -0.15) is 11.8 Å². The number of carbonyl (C=O) groups is 1. The molecule has 3 rings (SSSR count). The minimum Gasteiger partial charge on any atom is -0.493 e. The number of anilines is 1. The molecule has 29 heavy (non-hydrogen) atoms. The molecule has 1 aliphatic heterocycles. The summed E-state index contributed by atoms with van der Waals surface area (Å²) in [6.07, 6.45) is 2.13. The van der Waals surface area contributed by atoms with Gasteiger partial charge in [-0.15, -0.1) is 0 Å². The lowest BCUT2D eigenvalue weighted by atomic mass is 10.1. The van der Waals surface area contributed by atoms with Crippen LogP contribution in [0.3, 0.4) is 0 Å². The number of hydrogen-bond acceptors (Lipinski definition) is 5. The van der Waals surface area contributed by atoms with E-state index in [0.717, 1.165) is 24.2 Å². The molecule has 0 aliphatic carbocycles. The van der Waals surface area contributed by atoms with Crippen LogP contribution in [-0.4, -0.2) is 56.2 Å². The molecule has 0 spiro atoms. The highest BCUT2D eigenvalue weighted by Crippen LogP contribution is 2.28. The first kappa shape index (κ1) is 21.5. The van der Waals surface area contributed by atoms with Crippen LogP contribution in [0.15, 0.2) is 42.5 Å². The van der Waals surface area contributed by atoms with Gasteiger partial charge in [-0.25, -0.2) is 0 Å². The molecule has 1 heterocycles. The van der Waals surface area contributed by atoms with Gasteiger partial charge in [-0.3, -0.25) is 4.79 Å². The number of benzene rings is 2. The average Bonchev–Trinajstić information content (AvgIpc) is 2.77. The fraction of sp³-hybridized carbons (Fsp3) is 0.435. The Bertz CT molecular complexity index is 789. The van der Waals surface area contributed by atoms with E-state index in [0.29, 0.717) is 24.3 Å². The third-order valence-corrected chi connectivity index (χ3v) is 6.09. The lowest BCUT2D eigenvalue weighted by Crippen LogP contribution is -2.34. The Morgan fingerprint density at radius 3 is 2.34 bits per heavy atom. The van der Waals surface area contributed by atoms with Crippen molar-refractivity contribution in [3.63, 3.8) is 0 Å². The maximum atomic E-state index is 12.3. The summed E-state index contributed by atoms with van der Waals surface area (Å²) in [5.41, 5.74) is 3.20. The highest BCUT2D eigenvalue weighted by atomic mass is 32.2. The zero-order chi connectivity index (χ0) is 20.5. The fourth-order valence-electron chi connectivity index (χ4n) is 3.38. The zero-order valence-electron chi connectivity index (χ0n) is 17.3. The summed E-state index contributed by atoms with van der Waals surface area (Å²) in [6, 6.07) is 14.0. The van der Waals surface area contributed by atoms with Gasteiger partial charge in [0.05, 0.1) is 14.2 Å². The molecule has 1 N–H and O–H groups in total. The first-order chi connectivity index (χ1) is 14.2. The topological polar surface area (TPSA) is 50.8 Å². The van der Waals surface area contributed by atoms with E-state index < -0.39 is 0 Å². The first-order valence-electron chi connectivity index (χ1n) is 10.1. The molecule has 0 aromatic heterocycles. The second-order valence-corrected chi connectivity index (χ2v) is 8.36. The van der Waals surface area contributed by atoms with Crippen molar-refractivity contribution < 1.29 is 14.3 Å². The molecule has 2 aromatic rings. The Morgan fingerprint density at radius 2 is 1.66 bits per heavy atom. The van der Waals surface area contributed by atoms with Crippen molar-refractivity contribution in [3.8, 4) is 11.5 Å². The SMILES string of the molecule is COc1ccc(CCC(=O)Nc2ccc(CCN3CCSCC3)cc2)cc1OC. The maximum Gasteiger partial charge on any atom is 0.224 e. The molecule has 0 atom stereocenters. The molecular weight excluding hydrogens is 384 g/mol. The summed E-state index contributed by atoms with van der Waals surface area (Å²) < 4.78 is 10.6. The minimum atomic E-state index is 0.0124. The van der Waals surface area contributed by atoms with E-state index in [1.807, 2.05) is 42.1 Å². The zero-order valence-corrected chi connectivity index (χ0v) is 18.1. The Labute approximate surface area is 177 Å². The molecule has 0 unspecified atom stereocenters. The van der Waals surface area contributed by atoms with Crippen LogP contribution in [0.4, 0.5) is 5.69 Å². The molecule has 0 bridgehead atoms. The number of aryl methyl sites for hydroxylation is 1. The van der Waals surface area contributed by atoms with Crippen molar-refractivity contribution in [1.82, 2.24) is 4.90 Å². The number of hydrogen-bond donors (Lipinski definition) is 1. The van der Waals surface area contributed by atoms with Gasteiger partial charge in [0.15, 0.2) is 11.5 Å². The van der Waals surface area contributed by atoms with Crippen molar-refractivity contribution in [2.75, 3.05) is 50.7 Å². The third kappa shape index (κ3) is 6.68. The quantitative estimate of drug-likeness (QED) is 0.675. The van der Waals surface area contributed by atoms with E-state index in [1.165, 1.54) is 30.2 Å². The first-order valence-corrected chi connectivity index (χ1v) is 11.2. The van der Waals surface area contributed by atoms with E-state index in [-0.39, 0.29) is 5.91 Å². The molecular formula is C23H30N2O3S. The number of amides is 1. The molecule has 0 saturated carbocycles. The van der Waals surface area contributed by atoms with Crippen LogP contribution in [0.5, 0.6) is 11.5 Å². The van der Waals surface area contributed by atoms with Gasteiger partial charge >= 0.3 is 0 Å². The van der Waals surface area contributed by atoms with Crippen molar-refractivity contribution >= 4 is 23.4 Å². The van der Waals surface area contributed by atoms with Gasteiger partial charge in [0.2, 0.25) is 5.91 Å². The van der Waals surface area contributed by atoms with Crippen LogP contribution in [0.1, 0.15) is 17.5 Å². The number of ether oxygens (including phenoxy) is 2. The second-order valence-electron chi connectivity index (χ2n) is 7.14. The van der Waals surface area contributed by atoms with Crippen molar-refractivity contribution in [3.05, 3.63) is 53.6 Å². The van der Waals surface area contributed by atoms with E-state index in [4.69, 9.17) is 9.47 Å². The number of thioether (sulfide) groups is 1. The molecule has 6 heteroatoms. The largest absolute Gasteiger partial charge is 0.493 e. The lowest BCUT2D eigenvalue weighted by Gasteiger charge is -2.26. The van der Waals surface area contributed by atoms with E-state index >= 15 is 0 Å². The summed E-state index contributed by atoms with van der Waals surface area (Å²) in [5, 5.41) is 2.99. The summed E-state index contributed by atoms with van der Waals surface area (Å²) in [5.74, 6) is 3.88. The predicted molar refractivity (Wildman–Crippen MR) is 120 cm³/mol. The van der Waals surface area contributed by atoms with Crippen molar-refractivity contribution in [2.24, 2.45) is 0 Å². The van der Waals surface area contributed by atoms with Gasteiger partial charge in [-0.1, -0.05) is 18.2 Å². The van der Waals surface area contributed by atoms with Gasteiger partial charge in [-0.05, 0) is 48.2 Å². The number of methoxy groups -OCH3 is 2. The number of rotatable bonds is 9. The third-order valence-electron chi connectivity index (χ3n) is 5.15. The Kier molecular flexibility index (Phi) is 8.25. The summed E-state index contributed by atoms with van der Waals surface area (Å²) >= 11 is 2.04. The van der Waals surface area contributed by atoms with Crippen molar-refractivity contribution in [1.29, 1.82) is 0 Å². The normalized spacial score (nSPS) is 14.4. The number of nitrogens with one attached hydrogen (secondary N) is 1. The molecule has 2 aromatic carbocycles. The maximum absolute atomic E-state index is 12.3. The Hall–Kier alpha value is -2.18. The lowest BCUT2D eigenvalue weighted by molar-refractivity contribution is -0.116. The highest BCUT2D eigenvalue weighted by molar-refractivity contribution is 7.99. The van der Waals surface area contributed by atoms with Crippen LogP contribution in [0.2, 0.25) is 0 Å². The van der Waals surface area contributed by atoms with Crippen LogP contribution in [0.25, 0.3) is 0 Å². The highest BCUT2D eigenvalue weighted by Gasteiger charge is 2.10. The summed E-state index contributed by atoms with van der Waals surface area (Å²) in [4.78, 5) is 14.8. The smallest absolute Gasteiger partial charge is 0.224 e. The minimum absolute atomic E-state index is 0.0124. The Morgan fingerprint density at radius 1 is 0.966 bits per heavy atom. The molecule has 1 fully saturated rings. The van der Waals surface area contributed by atoms with Gasteiger partial charge in [0, 0.05) is 43.2 Å². The summed E-state index contributed by atoms with van der Waals surface area (Å²) in [7, 11) is 3.23. The van der Waals surface area contributed by atoms with Crippen LogP contribution < -0.4 is 14.8 Å². The molecule has 0 radical (unpaired) electrons. The average molecular weight is 415 g/mol. The van der Waals surface area contributed by atoms with Gasteiger partial charge < -0.3 is 19.7 Å². The predicted octanol–water partition coefficient (Wildman–Crippen LogP) is 3.87. The summed E-state index contributed by atoms with van der Waals surface area (Å²) in [6.45, 7) is 3.50. The Balaban J connectivity index is 1.44. The van der Waals surface area contributed by atoms with Crippen LogP contribution in [0, 0.1) is 0 Å². The molecule has 1 amide bonds. The van der Waals surface area contributed by atoms with Crippen molar-refractivity contribution in [2.45, 2.75) is 19.3 Å². The van der Waals surface area contributed by atoms with E-state index in [1.54, 1.807) is 14.2 Å². The van der Waals surface area contributed by atoms with Crippen LogP contribution in [-0.2, 0) is 17.6 Å². The van der Waals surface area contributed by atoms with Gasteiger partial charge in [0.1, 0.15) is 0 Å². The standard InChI is InChI=1S/C23H30N2O3S/c1-27-21-9-5-19(17-22(21)28-2)6-10-23(26)24-20-7-3-18(4-8-20)11-12-25-13-15-29-16-14-25/h3-5,7-9,17H,6,10-16H2,1-2H3,(H,24,26). The molecule has 1 saturated heterocycles. The second kappa shape index (κ2) is 11.1. The molecule has 1 aliphatic rings. The number of nitrogens with zero attached hydrogens (tertiary/aromatic N) is 1. The fourth-order valence-corrected chi connectivity index (χ4v) is 4.36. The molecule has 5 nitrogen and oxygen atoms in total. The van der Waals surface area contributed by atoms with E-state index in [9.17, 15) is 4.79 Å². The van der Waals surface area contributed by atoms with Gasteiger partial charge in [0.25, 0.3) is 0 Å². The van der Waals surface area contributed by atoms with Crippen LogP contribution >= 0.6 is 11.8 Å². The van der Waals surface area contributed by atoms with E-state index in [2.05, 4.69) is 22.3 Å².